The molecule has 7 heteroatoms. The molecule has 2 heterocycles. The highest BCUT2D eigenvalue weighted by Gasteiger charge is 2.34. The van der Waals surface area contributed by atoms with Gasteiger partial charge in [0, 0.05) is 12.6 Å². The van der Waals surface area contributed by atoms with Gasteiger partial charge < -0.3 is 16.0 Å². The van der Waals surface area contributed by atoms with Gasteiger partial charge in [-0.1, -0.05) is 6.07 Å². The summed E-state index contributed by atoms with van der Waals surface area (Å²) >= 11 is 1.37. The van der Waals surface area contributed by atoms with Gasteiger partial charge in [-0.25, -0.2) is 0 Å². The molecule has 0 saturated carbocycles. The van der Waals surface area contributed by atoms with Gasteiger partial charge in [0.25, 0.3) is 5.91 Å². The van der Waals surface area contributed by atoms with Crippen LogP contribution in [-0.4, -0.2) is 41.9 Å². The number of amides is 2. The highest BCUT2D eigenvalue weighted by molar-refractivity contribution is 7.12. The lowest BCUT2D eigenvalue weighted by atomic mass is 10.1. The molecule has 1 aliphatic rings. The van der Waals surface area contributed by atoms with Gasteiger partial charge in [-0.05, 0) is 44.2 Å². The quantitative estimate of drug-likeness (QED) is 0.877. The Hall–Kier alpha value is -1.11. The van der Waals surface area contributed by atoms with E-state index < -0.39 is 6.04 Å². The lowest BCUT2D eigenvalue weighted by Gasteiger charge is -2.25. The van der Waals surface area contributed by atoms with Crippen LogP contribution in [-0.2, 0) is 4.79 Å². The summed E-state index contributed by atoms with van der Waals surface area (Å²) in [4.78, 5) is 26.8. The Balaban J connectivity index is 0.00000220. The molecule has 3 N–H and O–H groups in total. The smallest absolute Gasteiger partial charge is 0.261 e. The van der Waals surface area contributed by atoms with Crippen molar-refractivity contribution in [2.24, 2.45) is 11.7 Å². The fraction of sp³-hybridized carbons (Fsp3) is 0.571. The van der Waals surface area contributed by atoms with Crippen LogP contribution in [0.15, 0.2) is 17.5 Å². The average molecular weight is 332 g/mol. The Bertz CT molecular complexity index is 481. The van der Waals surface area contributed by atoms with E-state index in [9.17, 15) is 9.59 Å². The zero-order valence-electron chi connectivity index (χ0n) is 12.2. The molecule has 0 spiro atoms. The predicted octanol–water partition coefficient (Wildman–Crippen LogP) is 1.48. The maximum atomic E-state index is 12.4. The highest BCUT2D eigenvalue weighted by Crippen LogP contribution is 2.22. The monoisotopic (exact) mass is 331 g/mol. The summed E-state index contributed by atoms with van der Waals surface area (Å²) in [5, 5.41) is 4.60. The number of rotatable bonds is 4. The number of nitrogens with two attached hydrogens (primary N) is 1. The fourth-order valence-electron chi connectivity index (χ4n) is 2.61. The zero-order valence-corrected chi connectivity index (χ0v) is 13.9. The summed E-state index contributed by atoms with van der Waals surface area (Å²) in [7, 11) is 0. The zero-order chi connectivity index (χ0) is 14.7. The Morgan fingerprint density at radius 2 is 2.29 bits per heavy atom. The number of carbonyl (C=O) groups is 2. The van der Waals surface area contributed by atoms with E-state index in [1.165, 1.54) is 11.3 Å². The van der Waals surface area contributed by atoms with Gasteiger partial charge >= 0.3 is 0 Å². The normalized spacial score (nSPS) is 22.5. The first-order valence-electron chi connectivity index (χ1n) is 6.87. The molecule has 0 aromatic carbocycles. The minimum Gasteiger partial charge on any atom is -0.340 e. The molecule has 3 unspecified atom stereocenters. The second-order valence-electron chi connectivity index (χ2n) is 5.35. The third-order valence-corrected chi connectivity index (χ3v) is 4.61. The molecule has 1 aromatic heterocycles. The molecule has 0 aliphatic carbocycles. The van der Waals surface area contributed by atoms with E-state index >= 15 is 0 Å². The number of hydrogen-bond acceptors (Lipinski definition) is 4. The molecule has 118 valence electrons. The molecule has 2 rings (SSSR count). The molecule has 5 nitrogen and oxygen atoms in total. The van der Waals surface area contributed by atoms with Crippen molar-refractivity contribution in [3.63, 3.8) is 0 Å². The van der Waals surface area contributed by atoms with E-state index in [-0.39, 0.29) is 30.3 Å². The maximum absolute atomic E-state index is 12.4. The van der Waals surface area contributed by atoms with Crippen LogP contribution >= 0.6 is 23.7 Å². The summed E-state index contributed by atoms with van der Waals surface area (Å²) in [5.74, 6) is 0.149. The Morgan fingerprint density at radius 1 is 1.57 bits per heavy atom. The van der Waals surface area contributed by atoms with Crippen LogP contribution in [0.4, 0.5) is 0 Å². The van der Waals surface area contributed by atoms with Crippen LogP contribution < -0.4 is 11.1 Å². The molecular weight excluding hydrogens is 310 g/mol. The molecule has 21 heavy (non-hydrogen) atoms. The summed E-state index contributed by atoms with van der Waals surface area (Å²) in [5.41, 5.74) is 5.67. The van der Waals surface area contributed by atoms with Crippen LogP contribution in [0.3, 0.4) is 0 Å². The van der Waals surface area contributed by atoms with Gasteiger partial charge in [-0.15, -0.1) is 23.7 Å². The molecule has 1 aliphatic heterocycles. The van der Waals surface area contributed by atoms with Crippen LogP contribution in [0.25, 0.3) is 0 Å². The second-order valence-corrected chi connectivity index (χ2v) is 6.30. The number of thiophene rings is 1. The van der Waals surface area contributed by atoms with Gasteiger partial charge in [0.2, 0.25) is 5.91 Å². The van der Waals surface area contributed by atoms with Crippen LogP contribution in [0, 0.1) is 5.92 Å². The number of halogens is 1. The van der Waals surface area contributed by atoms with Crippen LogP contribution in [0.1, 0.15) is 29.9 Å². The number of likely N-dealkylation sites (tertiary alicyclic amines) is 1. The van der Waals surface area contributed by atoms with Gasteiger partial charge in [0.1, 0.15) is 6.04 Å². The van der Waals surface area contributed by atoms with Crippen molar-refractivity contribution in [3.8, 4) is 0 Å². The minimum absolute atomic E-state index is 0. The third kappa shape index (κ3) is 4.18. The molecule has 0 bridgehead atoms. The first kappa shape index (κ1) is 17.9. The van der Waals surface area contributed by atoms with Gasteiger partial charge in [-0.2, -0.15) is 0 Å². The molecule has 0 radical (unpaired) electrons. The Labute approximate surface area is 135 Å². The number of hydrogen-bond donors (Lipinski definition) is 2. The van der Waals surface area contributed by atoms with Crippen molar-refractivity contribution in [2.75, 3.05) is 13.1 Å². The van der Waals surface area contributed by atoms with Gasteiger partial charge in [0.15, 0.2) is 0 Å². The summed E-state index contributed by atoms with van der Waals surface area (Å²) in [6, 6.07) is 3.25. The van der Waals surface area contributed by atoms with Crippen molar-refractivity contribution in [3.05, 3.63) is 22.4 Å². The summed E-state index contributed by atoms with van der Waals surface area (Å²) in [6.45, 7) is 5.05. The van der Waals surface area contributed by atoms with Crippen molar-refractivity contribution >= 4 is 35.6 Å². The lowest BCUT2D eigenvalue weighted by molar-refractivity contribution is -0.133. The molecule has 1 aromatic rings. The first-order valence-corrected chi connectivity index (χ1v) is 7.75. The Kier molecular flexibility index (Phi) is 6.64. The Morgan fingerprint density at radius 3 is 2.81 bits per heavy atom. The SMILES string of the molecule is CC(NC(=O)c1cccs1)C(=O)N1CC(CN)CC1C.Cl. The van der Waals surface area contributed by atoms with E-state index in [2.05, 4.69) is 5.32 Å². The highest BCUT2D eigenvalue weighted by atomic mass is 35.5. The summed E-state index contributed by atoms with van der Waals surface area (Å²) < 4.78 is 0. The molecule has 2 amide bonds. The predicted molar refractivity (Wildman–Crippen MR) is 86.8 cm³/mol. The first-order chi connectivity index (χ1) is 9.52. The van der Waals surface area contributed by atoms with Crippen LogP contribution in [0.5, 0.6) is 0 Å². The minimum atomic E-state index is -0.511. The second kappa shape index (κ2) is 7.77. The van der Waals surface area contributed by atoms with Gasteiger partial charge in [-0.3, -0.25) is 9.59 Å². The number of nitrogens with one attached hydrogen (secondary N) is 1. The molecule has 1 fully saturated rings. The van der Waals surface area contributed by atoms with E-state index in [0.717, 1.165) is 6.42 Å². The molecule has 1 saturated heterocycles. The lowest BCUT2D eigenvalue weighted by Crippen LogP contribution is -2.48. The third-order valence-electron chi connectivity index (χ3n) is 3.74. The standard InChI is InChI=1S/C14H21N3O2S.ClH/c1-9-6-11(7-15)8-17(9)14(19)10(2)16-13(18)12-4-3-5-20-12;/h3-5,9-11H,6-8,15H2,1-2H3,(H,16,18);1H. The van der Waals surface area contributed by atoms with E-state index in [1.54, 1.807) is 13.0 Å². The maximum Gasteiger partial charge on any atom is 0.261 e. The van der Waals surface area contributed by atoms with Crippen molar-refractivity contribution in [1.82, 2.24) is 10.2 Å². The average Bonchev–Trinajstić information content (AvgIpc) is 3.06. The van der Waals surface area contributed by atoms with Crippen molar-refractivity contribution in [1.29, 1.82) is 0 Å². The van der Waals surface area contributed by atoms with E-state index in [4.69, 9.17) is 5.73 Å². The molecular formula is C14H22ClN3O2S. The fourth-order valence-corrected chi connectivity index (χ4v) is 3.23. The van der Waals surface area contributed by atoms with Gasteiger partial charge in [0.05, 0.1) is 4.88 Å². The molecule has 3 atom stereocenters. The van der Waals surface area contributed by atoms with E-state index in [1.807, 2.05) is 23.3 Å². The van der Waals surface area contributed by atoms with Crippen molar-refractivity contribution in [2.45, 2.75) is 32.4 Å². The van der Waals surface area contributed by atoms with E-state index in [0.29, 0.717) is 23.9 Å². The van der Waals surface area contributed by atoms with Crippen LogP contribution in [0.2, 0.25) is 0 Å². The largest absolute Gasteiger partial charge is 0.340 e. The number of nitrogens with zero attached hydrogens (tertiary/aromatic N) is 1. The van der Waals surface area contributed by atoms with Crippen molar-refractivity contribution < 1.29 is 9.59 Å². The number of carbonyl (C=O) groups excluding carboxylic acids is 2. The summed E-state index contributed by atoms with van der Waals surface area (Å²) in [6.07, 6.45) is 0.938. The topological polar surface area (TPSA) is 75.4 Å².